The highest BCUT2D eigenvalue weighted by Gasteiger charge is 2.31. The summed E-state index contributed by atoms with van der Waals surface area (Å²) in [5, 5.41) is 3.29. The first-order valence-electron chi connectivity index (χ1n) is 11.4. The van der Waals surface area contributed by atoms with E-state index < -0.39 is 0 Å². The lowest BCUT2D eigenvalue weighted by molar-refractivity contribution is -0.118. The van der Waals surface area contributed by atoms with Crippen LogP contribution in [0.4, 0.5) is 17.1 Å². The average Bonchev–Trinajstić information content (AvgIpc) is 2.96. The Morgan fingerprint density at radius 3 is 2.37 bits per heavy atom. The Hall–Kier alpha value is -3.68. The van der Waals surface area contributed by atoms with E-state index in [0.29, 0.717) is 46.2 Å². The molecule has 1 N–H and O–H groups in total. The molecule has 0 aromatic heterocycles. The number of halogens is 1. The number of benzene rings is 3. The Bertz CT molecular complexity index is 1250. The van der Waals surface area contributed by atoms with Crippen LogP contribution >= 0.6 is 11.6 Å². The van der Waals surface area contributed by atoms with Gasteiger partial charge in [0.1, 0.15) is 6.54 Å². The monoisotopic (exact) mass is 490 g/mol. The van der Waals surface area contributed by atoms with Gasteiger partial charge in [-0.2, -0.15) is 0 Å². The van der Waals surface area contributed by atoms with Gasteiger partial charge in [-0.15, -0.1) is 0 Å². The molecule has 0 saturated heterocycles. The number of anilines is 3. The van der Waals surface area contributed by atoms with Crippen molar-refractivity contribution in [3.63, 3.8) is 0 Å². The van der Waals surface area contributed by atoms with E-state index in [1.807, 2.05) is 25.1 Å². The van der Waals surface area contributed by atoms with Crippen LogP contribution in [0.5, 0.6) is 0 Å². The Morgan fingerprint density at radius 2 is 1.63 bits per heavy atom. The minimum Gasteiger partial charge on any atom is -0.329 e. The fourth-order valence-electron chi connectivity index (χ4n) is 4.08. The molecule has 1 heterocycles. The van der Waals surface area contributed by atoms with Gasteiger partial charge >= 0.3 is 0 Å². The summed E-state index contributed by atoms with van der Waals surface area (Å²) in [6.45, 7) is 1.04. The topological polar surface area (TPSA) is 73.0 Å². The molecule has 7 nitrogen and oxygen atoms in total. The van der Waals surface area contributed by atoms with Crippen molar-refractivity contribution in [1.29, 1.82) is 0 Å². The number of fused-ring (bicyclic) bond motifs is 2. The molecule has 3 aromatic carbocycles. The largest absolute Gasteiger partial charge is 0.329 e. The van der Waals surface area contributed by atoms with E-state index in [0.717, 1.165) is 6.54 Å². The highest BCUT2D eigenvalue weighted by molar-refractivity contribution is 6.31. The summed E-state index contributed by atoms with van der Waals surface area (Å²) in [7, 11) is 3.93. The molecule has 4 rings (SSSR count). The second-order valence-electron chi connectivity index (χ2n) is 8.61. The van der Waals surface area contributed by atoms with Crippen molar-refractivity contribution in [2.24, 2.45) is 0 Å². The minimum atomic E-state index is -0.331. The fourth-order valence-corrected chi connectivity index (χ4v) is 4.25. The molecule has 3 aromatic rings. The van der Waals surface area contributed by atoms with Gasteiger partial charge in [-0.1, -0.05) is 41.9 Å². The molecule has 0 radical (unpaired) electrons. The Balaban J connectivity index is 1.71. The maximum absolute atomic E-state index is 13.9. The Morgan fingerprint density at radius 1 is 0.914 bits per heavy atom. The molecule has 0 fully saturated rings. The van der Waals surface area contributed by atoms with Crippen LogP contribution in [0.2, 0.25) is 5.02 Å². The summed E-state index contributed by atoms with van der Waals surface area (Å²) in [6.07, 6.45) is 0.710. The van der Waals surface area contributed by atoms with Gasteiger partial charge in [0.15, 0.2) is 0 Å². The van der Waals surface area contributed by atoms with E-state index in [1.54, 1.807) is 71.6 Å². The predicted octanol–water partition coefficient (Wildman–Crippen LogP) is 4.66. The van der Waals surface area contributed by atoms with Crippen LogP contribution in [0.3, 0.4) is 0 Å². The first-order valence-corrected chi connectivity index (χ1v) is 11.7. The quantitative estimate of drug-likeness (QED) is 0.522. The van der Waals surface area contributed by atoms with Gasteiger partial charge in [0.25, 0.3) is 17.7 Å². The number of hydrogen-bond donors (Lipinski definition) is 1. The first-order chi connectivity index (χ1) is 16.8. The summed E-state index contributed by atoms with van der Waals surface area (Å²) in [5.74, 6) is -0.874. The van der Waals surface area contributed by atoms with Crippen molar-refractivity contribution < 1.29 is 14.4 Å². The number of carbonyl (C=O) groups is 3. The number of nitrogens with one attached hydrogen (secondary N) is 1. The van der Waals surface area contributed by atoms with Crippen LogP contribution in [0, 0.1) is 0 Å². The van der Waals surface area contributed by atoms with E-state index in [1.165, 1.54) is 4.90 Å². The van der Waals surface area contributed by atoms with Crippen LogP contribution in [-0.4, -0.2) is 61.3 Å². The summed E-state index contributed by atoms with van der Waals surface area (Å²) < 4.78 is 0. The lowest BCUT2D eigenvalue weighted by Crippen LogP contribution is -2.42. The SMILES string of the molecule is CN(C)CCCN(CC(=O)N1c2ccc(Cl)cc2NC(=O)c2ccccc21)C(=O)c1ccccc1. The molecule has 3 amide bonds. The smallest absolute Gasteiger partial charge is 0.257 e. The molecule has 0 bridgehead atoms. The number of nitrogens with zero attached hydrogens (tertiary/aromatic N) is 3. The molecule has 0 aliphatic carbocycles. The molecule has 0 unspecified atom stereocenters. The highest BCUT2D eigenvalue weighted by Crippen LogP contribution is 2.39. The highest BCUT2D eigenvalue weighted by atomic mass is 35.5. The summed E-state index contributed by atoms with van der Waals surface area (Å²) in [5.41, 5.74) is 2.27. The lowest BCUT2D eigenvalue weighted by atomic mass is 10.1. The van der Waals surface area contributed by atoms with Crippen molar-refractivity contribution in [2.45, 2.75) is 6.42 Å². The number of rotatable bonds is 7. The summed E-state index contributed by atoms with van der Waals surface area (Å²) in [4.78, 5) is 45.2. The van der Waals surface area contributed by atoms with Crippen LogP contribution in [0.15, 0.2) is 72.8 Å². The second kappa shape index (κ2) is 10.7. The molecule has 0 atom stereocenters. The third-order valence-electron chi connectivity index (χ3n) is 5.75. The van der Waals surface area contributed by atoms with Gasteiger partial charge in [-0.25, -0.2) is 0 Å². The molecule has 8 heteroatoms. The molecule has 0 spiro atoms. The molecule has 35 heavy (non-hydrogen) atoms. The minimum absolute atomic E-state index is 0.147. The van der Waals surface area contributed by atoms with Crippen molar-refractivity contribution in [1.82, 2.24) is 9.80 Å². The summed E-state index contributed by atoms with van der Waals surface area (Å²) >= 11 is 6.18. The fraction of sp³-hybridized carbons (Fsp3) is 0.222. The third-order valence-corrected chi connectivity index (χ3v) is 5.99. The molecule has 0 saturated carbocycles. The maximum Gasteiger partial charge on any atom is 0.257 e. The van der Waals surface area contributed by atoms with Gasteiger partial charge in [-0.3, -0.25) is 19.3 Å². The van der Waals surface area contributed by atoms with Crippen LogP contribution in [-0.2, 0) is 4.79 Å². The zero-order valence-corrected chi connectivity index (χ0v) is 20.5. The van der Waals surface area contributed by atoms with Gasteiger partial charge in [0.2, 0.25) is 0 Å². The van der Waals surface area contributed by atoms with Gasteiger partial charge in [0, 0.05) is 17.1 Å². The van der Waals surface area contributed by atoms with Crippen molar-refractivity contribution in [3.8, 4) is 0 Å². The lowest BCUT2D eigenvalue weighted by Gasteiger charge is -2.29. The zero-order chi connectivity index (χ0) is 24.9. The number of carbonyl (C=O) groups excluding carboxylic acids is 3. The van der Waals surface area contributed by atoms with Crippen LogP contribution in [0.25, 0.3) is 0 Å². The van der Waals surface area contributed by atoms with Crippen LogP contribution < -0.4 is 10.2 Å². The predicted molar refractivity (Wildman–Crippen MR) is 139 cm³/mol. The number of amides is 3. The van der Waals surface area contributed by atoms with Crippen molar-refractivity contribution >= 4 is 46.4 Å². The van der Waals surface area contributed by atoms with E-state index >= 15 is 0 Å². The Kier molecular flexibility index (Phi) is 7.48. The first kappa shape index (κ1) is 24.4. The normalized spacial score (nSPS) is 12.5. The van der Waals surface area contributed by atoms with E-state index in [9.17, 15) is 14.4 Å². The molecule has 1 aliphatic heterocycles. The average molecular weight is 491 g/mol. The molecule has 1 aliphatic rings. The van der Waals surface area contributed by atoms with Crippen molar-refractivity contribution in [3.05, 3.63) is 88.9 Å². The zero-order valence-electron chi connectivity index (χ0n) is 19.7. The van der Waals surface area contributed by atoms with E-state index in [4.69, 9.17) is 11.6 Å². The molecule has 180 valence electrons. The molecular formula is C27H27ClN4O3. The van der Waals surface area contributed by atoms with E-state index in [-0.39, 0.29) is 24.3 Å². The standard InChI is InChI=1S/C27H27ClN4O3/c1-30(2)15-8-16-31(27(35)19-9-4-3-5-10-19)18-25(33)32-23-12-7-6-11-21(23)26(34)29-22-17-20(28)13-14-24(22)32/h3-7,9-14,17H,8,15-16,18H2,1-2H3,(H,29,34). The van der Waals surface area contributed by atoms with Gasteiger partial charge < -0.3 is 15.1 Å². The third kappa shape index (κ3) is 5.53. The van der Waals surface area contributed by atoms with E-state index in [2.05, 4.69) is 5.32 Å². The number of para-hydroxylation sites is 1. The Labute approximate surface area is 209 Å². The molecular weight excluding hydrogens is 464 g/mol. The van der Waals surface area contributed by atoms with Crippen molar-refractivity contribution in [2.75, 3.05) is 43.9 Å². The second-order valence-corrected chi connectivity index (χ2v) is 9.05. The van der Waals surface area contributed by atoms with Crippen LogP contribution in [0.1, 0.15) is 27.1 Å². The van der Waals surface area contributed by atoms with Gasteiger partial charge in [-0.05, 0) is 69.5 Å². The number of hydrogen-bond acceptors (Lipinski definition) is 4. The summed E-state index contributed by atoms with van der Waals surface area (Å²) in [6, 6.07) is 20.8. The van der Waals surface area contributed by atoms with Gasteiger partial charge in [0.05, 0.1) is 22.6 Å². The maximum atomic E-state index is 13.9.